The third-order valence-electron chi connectivity index (χ3n) is 6.93. The molecule has 0 spiro atoms. The third-order valence-corrected chi connectivity index (χ3v) is 8.77. The minimum Gasteiger partial charge on any atom is -0.354 e. The number of nitrogens with one attached hydrogen (secondary N) is 2. The summed E-state index contributed by atoms with van der Waals surface area (Å²) >= 11 is 0. The van der Waals surface area contributed by atoms with Gasteiger partial charge in [0.25, 0.3) is 0 Å². The van der Waals surface area contributed by atoms with Crippen LogP contribution in [-0.4, -0.2) is 44.5 Å². The summed E-state index contributed by atoms with van der Waals surface area (Å²) in [6, 6.07) is 1.09. The van der Waals surface area contributed by atoms with Crippen LogP contribution in [0.15, 0.2) is 4.99 Å². The number of guanidine groups is 1. The highest BCUT2D eigenvalue weighted by Gasteiger charge is 2.40. The molecule has 3 saturated carbocycles. The van der Waals surface area contributed by atoms with Gasteiger partial charge in [-0.3, -0.25) is 4.99 Å². The van der Waals surface area contributed by atoms with E-state index in [0.717, 1.165) is 30.1 Å². The average Bonchev–Trinajstić information content (AvgIpc) is 3.31. The second-order valence-corrected chi connectivity index (χ2v) is 11.4. The van der Waals surface area contributed by atoms with Gasteiger partial charge < -0.3 is 10.6 Å². The van der Waals surface area contributed by atoms with Crippen LogP contribution in [0.1, 0.15) is 58.3 Å². The Kier molecular flexibility index (Phi) is 6.79. The van der Waals surface area contributed by atoms with Crippen LogP contribution in [0.3, 0.4) is 0 Å². The van der Waals surface area contributed by atoms with E-state index >= 15 is 0 Å². The SMILES string of the molecule is CC1CCC(NC(=NCC2CCS(=O)(=O)C2)NC2CC3CCC2C3)C1.I. The topological polar surface area (TPSA) is 70.6 Å². The van der Waals surface area contributed by atoms with Crippen molar-refractivity contribution in [2.75, 3.05) is 18.1 Å². The standard InChI is InChI=1S/C19H33N3O2S.HI/c1-13-2-5-17(8-13)21-19(20-11-15-6-7-25(23,24)12-15)22-18-10-14-3-4-16(18)9-14;/h13-18H,2-12H2,1H3,(H2,20,21,22);1H. The van der Waals surface area contributed by atoms with Crippen LogP contribution in [0, 0.1) is 23.7 Å². The van der Waals surface area contributed by atoms with Crippen LogP contribution >= 0.6 is 24.0 Å². The minimum atomic E-state index is -2.81. The van der Waals surface area contributed by atoms with E-state index in [1.54, 1.807) is 0 Å². The Morgan fingerprint density at radius 3 is 2.46 bits per heavy atom. The van der Waals surface area contributed by atoms with Crippen molar-refractivity contribution in [1.29, 1.82) is 0 Å². The fourth-order valence-electron chi connectivity index (χ4n) is 5.50. The summed E-state index contributed by atoms with van der Waals surface area (Å²) in [6.45, 7) is 2.96. The molecular formula is C19H34IN3O2S. The molecule has 4 fully saturated rings. The first-order chi connectivity index (χ1) is 12.0. The van der Waals surface area contributed by atoms with Gasteiger partial charge in [-0.05, 0) is 68.6 Å². The number of aliphatic imine (C=N–C) groups is 1. The molecule has 6 atom stereocenters. The van der Waals surface area contributed by atoms with Gasteiger partial charge >= 0.3 is 0 Å². The van der Waals surface area contributed by atoms with Gasteiger partial charge in [-0.25, -0.2) is 8.42 Å². The molecule has 2 bridgehead atoms. The maximum absolute atomic E-state index is 11.7. The van der Waals surface area contributed by atoms with Crippen molar-refractivity contribution in [3.63, 3.8) is 0 Å². The first-order valence-corrected chi connectivity index (χ1v) is 12.1. The van der Waals surface area contributed by atoms with Crippen molar-refractivity contribution >= 4 is 39.8 Å². The zero-order valence-corrected chi connectivity index (χ0v) is 19.0. The summed E-state index contributed by atoms with van der Waals surface area (Å²) in [7, 11) is -2.81. The zero-order valence-electron chi connectivity index (χ0n) is 15.8. The van der Waals surface area contributed by atoms with Crippen molar-refractivity contribution < 1.29 is 8.42 Å². The monoisotopic (exact) mass is 495 g/mol. The summed E-state index contributed by atoms with van der Waals surface area (Å²) in [6.07, 6.45) is 9.93. The summed E-state index contributed by atoms with van der Waals surface area (Å²) in [4.78, 5) is 4.84. The number of fused-ring (bicyclic) bond motifs is 2. The van der Waals surface area contributed by atoms with E-state index < -0.39 is 9.84 Å². The smallest absolute Gasteiger partial charge is 0.191 e. The Bertz CT molecular complexity index is 624. The van der Waals surface area contributed by atoms with Crippen molar-refractivity contribution in [2.24, 2.45) is 28.7 Å². The Balaban J connectivity index is 0.00000196. The molecular weight excluding hydrogens is 461 g/mol. The van der Waals surface area contributed by atoms with Crippen LogP contribution in [0.25, 0.3) is 0 Å². The molecule has 6 unspecified atom stereocenters. The molecule has 4 aliphatic rings. The number of halogens is 1. The van der Waals surface area contributed by atoms with E-state index in [9.17, 15) is 8.42 Å². The van der Waals surface area contributed by atoms with E-state index in [0.29, 0.717) is 30.1 Å². The lowest BCUT2D eigenvalue weighted by Crippen LogP contribution is -2.48. The summed E-state index contributed by atoms with van der Waals surface area (Å²) < 4.78 is 23.4. The lowest BCUT2D eigenvalue weighted by Gasteiger charge is -2.27. The van der Waals surface area contributed by atoms with Gasteiger partial charge in [0.2, 0.25) is 0 Å². The molecule has 7 heteroatoms. The maximum Gasteiger partial charge on any atom is 0.191 e. The molecule has 0 aromatic carbocycles. The van der Waals surface area contributed by atoms with E-state index in [4.69, 9.17) is 4.99 Å². The Morgan fingerprint density at radius 2 is 1.88 bits per heavy atom. The lowest BCUT2D eigenvalue weighted by molar-refractivity contribution is 0.384. The highest BCUT2D eigenvalue weighted by atomic mass is 127. The largest absolute Gasteiger partial charge is 0.354 e. The molecule has 150 valence electrons. The predicted octanol–water partition coefficient (Wildman–Crippen LogP) is 2.95. The van der Waals surface area contributed by atoms with Crippen LogP contribution < -0.4 is 10.6 Å². The van der Waals surface area contributed by atoms with Gasteiger partial charge in [0.1, 0.15) is 0 Å². The van der Waals surface area contributed by atoms with Crippen molar-refractivity contribution in [3.05, 3.63) is 0 Å². The van der Waals surface area contributed by atoms with Crippen LogP contribution in [0.4, 0.5) is 0 Å². The molecule has 0 amide bonds. The Morgan fingerprint density at radius 1 is 1.04 bits per heavy atom. The quantitative estimate of drug-likeness (QED) is 0.358. The number of rotatable bonds is 4. The number of hydrogen-bond acceptors (Lipinski definition) is 3. The molecule has 4 rings (SSSR count). The molecule has 2 N–H and O–H groups in total. The highest BCUT2D eigenvalue weighted by Crippen LogP contribution is 2.44. The highest BCUT2D eigenvalue weighted by molar-refractivity contribution is 14.0. The second kappa shape index (κ2) is 8.53. The van der Waals surface area contributed by atoms with Crippen molar-refractivity contribution in [3.8, 4) is 0 Å². The van der Waals surface area contributed by atoms with Gasteiger partial charge in [-0.15, -0.1) is 24.0 Å². The molecule has 0 radical (unpaired) electrons. The zero-order chi connectivity index (χ0) is 17.4. The first kappa shape index (κ1) is 20.7. The van der Waals surface area contributed by atoms with Gasteiger partial charge in [0, 0.05) is 18.6 Å². The van der Waals surface area contributed by atoms with Crippen LogP contribution in [0.2, 0.25) is 0 Å². The molecule has 0 aromatic heterocycles. The molecule has 0 aromatic rings. The van der Waals surface area contributed by atoms with Crippen LogP contribution in [-0.2, 0) is 9.84 Å². The maximum atomic E-state index is 11.7. The van der Waals surface area contributed by atoms with E-state index in [1.165, 1.54) is 44.9 Å². The normalized spacial score (nSPS) is 41.2. The fraction of sp³-hybridized carbons (Fsp3) is 0.947. The van der Waals surface area contributed by atoms with Crippen molar-refractivity contribution in [1.82, 2.24) is 10.6 Å². The Labute approximate surface area is 175 Å². The Hall–Kier alpha value is -0.0500. The van der Waals surface area contributed by atoms with Gasteiger partial charge in [-0.2, -0.15) is 0 Å². The van der Waals surface area contributed by atoms with E-state index in [1.807, 2.05) is 0 Å². The summed E-state index contributed by atoms with van der Waals surface area (Å²) in [5.74, 6) is 4.32. The lowest BCUT2D eigenvalue weighted by atomic mass is 9.95. The molecule has 1 heterocycles. The first-order valence-electron chi connectivity index (χ1n) is 10.2. The molecule has 1 aliphatic heterocycles. The van der Waals surface area contributed by atoms with E-state index in [-0.39, 0.29) is 29.9 Å². The summed E-state index contributed by atoms with van der Waals surface area (Å²) in [5, 5.41) is 7.39. The molecule has 1 saturated heterocycles. The van der Waals surface area contributed by atoms with E-state index in [2.05, 4.69) is 17.6 Å². The predicted molar refractivity (Wildman–Crippen MR) is 117 cm³/mol. The van der Waals surface area contributed by atoms with Crippen LogP contribution in [0.5, 0.6) is 0 Å². The minimum absolute atomic E-state index is 0. The second-order valence-electron chi connectivity index (χ2n) is 9.14. The molecule has 5 nitrogen and oxygen atoms in total. The molecule has 26 heavy (non-hydrogen) atoms. The average molecular weight is 495 g/mol. The number of nitrogens with zero attached hydrogens (tertiary/aromatic N) is 1. The van der Waals surface area contributed by atoms with Gasteiger partial charge in [0.05, 0.1) is 11.5 Å². The molecule has 3 aliphatic carbocycles. The van der Waals surface area contributed by atoms with Gasteiger partial charge in [-0.1, -0.05) is 13.3 Å². The third kappa shape index (κ3) is 5.06. The number of hydrogen-bond donors (Lipinski definition) is 2. The number of sulfone groups is 1. The van der Waals surface area contributed by atoms with Gasteiger partial charge in [0.15, 0.2) is 15.8 Å². The van der Waals surface area contributed by atoms with Crippen molar-refractivity contribution in [2.45, 2.75) is 70.4 Å². The fourth-order valence-corrected chi connectivity index (χ4v) is 7.35. The summed E-state index contributed by atoms with van der Waals surface area (Å²) in [5.41, 5.74) is 0.